The molecule has 30 heavy (non-hydrogen) atoms. The second-order valence-corrected chi connectivity index (χ2v) is 8.38. The third-order valence-corrected chi connectivity index (χ3v) is 5.99. The molecule has 150 valence electrons. The number of ether oxygens (including phenoxy) is 1. The molecular formula is C21H11Cl2NO5S. The van der Waals surface area contributed by atoms with E-state index in [0.717, 1.165) is 16.2 Å². The van der Waals surface area contributed by atoms with E-state index in [4.69, 9.17) is 27.9 Å². The number of para-hydroxylation sites is 1. The molecule has 0 saturated heterocycles. The minimum atomic E-state index is -0.787. The molecule has 1 aromatic heterocycles. The summed E-state index contributed by atoms with van der Waals surface area (Å²) in [4.78, 5) is 51.3. The molecule has 2 heterocycles. The number of nitrogens with zero attached hydrogens (tertiary/aromatic N) is 1. The normalized spacial score (nSPS) is 12.8. The molecule has 9 heteroatoms. The van der Waals surface area contributed by atoms with Crippen molar-refractivity contribution < 1.29 is 23.9 Å². The summed E-state index contributed by atoms with van der Waals surface area (Å²) in [5.74, 6) is -2.31. The van der Waals surface area contributed by atoms with Crippen LogP contribution in [0.1, 0.15) is 40.7 Å². The van der Waals surface area contributed by atoms with E-state index in [1.54, 1.807) is 36.4 Å². The number of hydrogen-bond donors (Lipinski definition) is 0. The number of anilines is 1. The van der Waals surface area contributed by atoms with Crippen molar-refractivity contribution in [1.29, 1.82) is 0 Å². The fourth-order valence-electron chi connectivity index (χ4n) is 2.97. The number of benzene rings is 2. The first-order valence-corrected chi connectivity index (χ1v) is 10.2. The number of esters is 1. The summed E-state index contributed by atoms with van der Waals surface area (Å²) in [6, 6.07) is 13.6. The molecule has 0 unspecified atom stereocenters. The van der Waals surface area contributed by atoms with Crippen LogP contribution in [0.2, 0.25) is 9.36 Å². The molecule has 0 atom stereocenters. The van der Waals surface area contributed by atoms with Gasteiger partial charge in [0.25, 0.3) is 11.8 Å². The topological polar surface area (TPSA) is 80.8 Å². The minimum Gasteiger partial charge on any atom is -0.454 e. The fraction of sp³-hybridized carbons (Fsp3) is 0.0476. The summed E-state index contributed by atoms with van der Waals surface area (Å²) in [5.41, 5.74) is 0.522. The number of carbonyl (C=O) groups excluding carboxylic acids is 4. The maximum absolute atomic E-state index is 12.8. The van der Waals surface area contributed by atoms with Crippen LogP contribution in [0.5, 0.6) is 0 Å². The molecule has 3 aromatic rings. The number of fused-ring (bicyclic) bond motifs is 1. The van der Waals surface area contributed by atoms with Crippen molar-refractivity contribution in [3.8, 4) is 0 Å². The maximum Gasteiger partial charge on any atom is 0.338 e. The summed E-state index contributed by atoms with van der Waals surface area (Å²) in [6.07, 6.45) is 0. The molecule has 0 saturated carbocycles. The Balaban J connectivity index is 1.53. The van der Waals surface area contributed by atoms with Crippen LogP contribution in [0.4, 0.5) is 5.69 Å². The van der Waals surface area contributed by atoms with Crippen LogP contribution in [0.3, 0.4) is 0 Å². The third kappa shape index (κ3) is 3.63. The van der Waals surface area contributed by atoms with E-state index in [1.807, 2.05) is 0 Å². The molecular weight excluding hydrogens is 449 g/mol. The molecule has 0 fully saturated rings. The van der Waals surface area contributed by atoms with Crippen LogP contribution < -0.4 is 4.90 Å². The van der Waals surface area contributed by atoms with Crippen molar-refractivity contribution in [2.45, 2.75) is 0 Å². The quantitative estimate of drug-likeness (QED) is 0.308. The van der Waals surface area contributed by atoms with E-state index in [2.05, 4.69) is 0 Å². The molecule has 0 aliphatic carbocycles. The van der Waals surface area contributed by atoms with Crippen molar-refractivity contribution >= 4 is 63.8 Å². The number of rotatable bonds is 5. The van der Waals surface area contributed by atoms with Gasteiger partial charge in [-0.15, -0.1) is 11.3 Å². The summed E-state index contributed by atoms with van der Waals surface area (Å²) in [6.45, 7) is -0.467. The molecule has 2 amide bonds. The Hall–Kier alpha value is -3.00. The van der Waals surface area contributed by atoms with Crippen molar-refractivity contribution in [3.63, 3.8) is 0 Å². The smallest absolute Gasteiger partial charge is 0.338 e. The predicted octanol–water partition coefficient (Wildman–Crippen LogP) is 4.90. The zero-order valence-corrected chi connectivity index (χ0v) is 17.4. The van der Waals surface area contributed by atoms with Gasteiger partial charge in [-0.05, 0) is 42.5 Å². The predicted molar refractivity (Wildman–Crippen MR) is 113 cm³/mol. The molecule has 0 spiro atoms. The van der Waals surface area contributed by atoms with Gasteiger partial charge in [-0.3, -0.25) is 14.4 Å². The monoisotopic (exact) mass is 459 g/mol. The summed E-state index contributed by atoms with van der Waals surface area (Å²) in [5, 5.41) is 0.249. The number of carbonyl (C=O) groups is 4. The molecule has 0 N–H and O–H groups in total. The van der Waals surface area contributed by atoms with Gasteiger partial charge in [0.15, 0.2) is 6.61 Å². The van der Waals surface area contributed by atoms with Crippen LogP contribution in [-0.2, 0) is 4.74 Å². The van der Waals surface area contributed by atoms with Gasteiger partial charge in [-0.25, -0.2) is 9.69 Å². The van der Waals surface area contributed by atoms with Crippen LogP contribution in [0.25, 0.3) is 0 Å². The van der Waals surface area contributed by atoms with Crippen LogP contribution in [-0.4, -0.2) is 30.2 Å². The van der Waals surface area contributed by atoms with E-state index in [1.165, 1.54) is 18.2 Å². The second kappa shape index (κ2) is 8.02. The zero-order valence-electron chi connectivity index (χ0n) is 15.1. The Bertz CT molecular complexity index is 1220. The number of hydrogen-bond acceptors (Lipinski definition) is 6. The zero-order chi connectivity index (χ0) is 21.4. The SMILES string of the molecule is O=C(OCC(=O)c1ccc(Cl)s1)c1ccc2c(c1)C(=O)N(c1ccccc1Cl)C2=O. The number of Topliss-reactive ketones (excluding diaryl/α,β-unsaturated/α-hetero) is 1. The van der Waals surface area contributed by atoms with Crippen molar-refractivity contribution in [3.05, 3.63) is 85.5 Å². The van der Waals surface area contributed by atoms with E-state index < -0.39 is 30.2 Å². The van der Waals surface area contributed by atoms with E-state index >= 15 is 0 Å². The molecule has 2 aromatic carbocycles. The molecule has 4 rings (SSSR count). The standard InChI is InChI=1S/C21H11Cl2NO5S/c22-14-3-1-2-4-15(14)24-19(26)12-6-5-11(9-13(12)20(24)27)21(28)29-10-16(25)17-7-8-18(23)30-17/h1-9H,10H2. The Morgan fingerprint density at radius 2 is 1.67 bits per heavy atom. The Kier molecular flexibility index (Phi) is 5.42. The number of halogens is 2. The number of thiophene rings is 1. The van der Waals surface area contributed by atoms with Crippen molar-refractivity contribution in [2.24, 2.45) is 0 Å². The highest BCUT2D eigenvalue weighted by molar-refractivity contribution is 7.18. The van der Waals surface area contributed by atoms with Crippen LogP contribution in [0.15, 0.2) is 54.6 Å². The first kappa shape index (κ1) is 20.3. The van der Waals surface area contributed by atoms with Gasteiger partial charge >= 0.3 is 5.97 Å². The fourth-order valence-corrected chi connectivity index (χ4v) is 4.16. The highest BCUT2D eigenvalue weighted by Gasteiger charge is 2.38. The van der Waals surface area contributed by atoms with Gasteiger partial charge in [0.1, 0.15) is 0 Å². The number of ketones is 1. The Labute approximate surface area is 184 Å². The Morgan fingerprint density at radius 1 is 0.933 bits per heavy atom. The van der Waals surface area contributed by atoms with Gasteiger partial charge < -0.3 is 4.74 Å². The lowest BCUT2D eigenvalue weighted by molar-refractivity contribution is 0.0475. The maximum atomic E-state index is 12.8. The average molecular weight is 460 g/mol. The second-order valence-electron chi connectivity index (χ2n) is 6.26. The first-order valence-electron chi connectivity index (χ1n) is 8.60. The first-order chi connectivity index (χ1) is 14.4. The molecule has 0 radical (unpaired) electrons. The van der Waals surface area contributed by atoms with Crippen LogP contribution in [0, 0.1) is 0 Å². The van der Waals surface area contributed by atoms with Gasteiger partial charge in [0.2, 0.25) is 5.78 Å². The summed E-state index contributed by atoms with van der Waals surface area (Å²) < 4.78 is 5.50. The molecule has 1 aliphatic heterocycles. The van der Waals surface area contributed by atoms with Crippen molar-refractivity contribution in [2.75, 3.05) is 11.5 Å². The van der Waals surface area contributed by atoms with Gasteiger partial charge in [0.05, 0.1) is 36.6 Å². The van der Waals surface area contributed by atoms with Gasteiger partial charge in [-0.2, -0.15) is 0 Å². The van der Waals surface area contributed by atoms with Crippen LogP contribution >= 0.6 is 34.5 Å². The largest absolute Gasteiger partial charge is 0.454 e. The lowest BCUT2D eigenvalue weighted by Crippen LogP contribution is -2.29. The number of amides is 2. The van der Waals surface area contributed by atoms with E-state index in [0.29, 0.717) is 9.21 Å². The molecule has 1 aliphatic rings. The van der Waals surface area contributed by atoms with Gasteiger partial charge in [0, 0.05) is 0 Å². The highest BCUT2D eigenvalue weighted by atomic mass is 35.5. The Morgan fingerprint density at radius 3 is 2.37 bits per heavy atom. The van der Waals surface area contributed by atoms with Crippen molar-refractivity contribution in [1.82, 2.24) is 0 Å². The third-order valence-electron chi connectivity index (χ3n) is 4.40. The minimum absolute atomic E-state index is 0.0490. The molecule has 6 nitrogen and oxygen atoms in total. The lowest BCUT2D eigenvalue weighted by Gasteiger charge is -2.15. The van der Waals surface area contributed by atoms with Gasteiger partial charge in [-0.1, -0.05) is 35.3 Å². The average Bonchev–Trinajstić information content (AvgIpc) is 3.28. The molecule has 0 bridgehead atoms. The lowest BCUT2D eigenvalue weighted by atomic mass is 10.1. The van der Waals surface area contributed by atoms with E-state index in [-0.39, 0.29) is 27.4 Å². The highest BCUT2D eigenvalue weighted by Crippen LogP contribution is 2.33. The summed E-state index contributed by atoms with van der Waals surface area (Å²) in [7, 11) is 0. The number of imide groups is 1. The van der Waals surface area contributed by atoms with E-state index in [9.17, 15) is 19.2 Å². The summed E-state index contributed by atoms with van der Waals surface area (Å²) >= 11 is 13.0.